The van der Waals surface area contributed by atoms with Gasteiger partial charge in [0.05, 0.1) is 37.6 Å². The van der Waals surface area contributed by atoms with E-state index in [0.29, 0.717) is 84.9 Å². The molecule has 3 aromatic rings. The second kappa shape index (κ2) is 19.5. The number of unbranched alkanes of at least 4 members (excludes halogenated alkanes) is 2. The van der Waals surface area contributed by atoms with Crippen molar-refractivity contribution < 1.29 is 61.2 Å². The lowest BCUT2D eigenvalue weighted by molar-refractivity contribution is -0.438. The van der Waals surface area contributed by atoms with E-state index >= 15 is 0 Å². The normalized spacial score (nSPS) is 18.6. The van der Waals surface area contributed by atoms with Crippen LogP contribution in [0.5, 0.6) is 5.75 Å². The fourth-order valence-corrected chi connectivity index (χ4v) is 10.9. The lowest BCUT2D eigenvalue weighted by atomic mass is 9.81. The molecule has 66 heavy (non-hydrogen) atoms. The Morgan fingerprint density at radius 3 is 1.95 bits per heavy atom. The zero-order valence-corrected chi connectivity index (χ0v) is 40.8. The van der Waals surface area contributed by atoms with Crippen LogP contribution in [-0.2, 0) is 51.3 Å². The fourth-order valence-electron chi connectivity index (χ4n) is 8.69. The summed E-state index contributed by atoms with van der Waals surface area (Å²) >= 11 is 4.78. The van der Waals surface area contributed by atoms with Crippen LogP contribution in [0, 0.1) is 0 Å². The predicted octanol–water partition coefficient (Wildman–Crippen LogP) is 8.31. The first-order valence-electron chi connectivity index (χ1n) is 21.0. The van der Waals surface area contributed by atoms with Crippen molar-refractivity contribution in [3.63, 3.8) is 0 Å². The molecule has 354 valence electrons. The number of allylic oxidation sites excluding steroid dienone is 7. The quantitative estimate of drug-likeness (QED) is 0.0308. The van der Waals surface area contributed by atoms with E-state index < -0.39 is 62.8 Å². The van der Waals surface area contributed by atoms with Crippen LogP contribution in [0.1, 0.15) is 83.8 Å². The minimum Gasteiger partial charge on any atom is -0.457 e. The molecule has 3 aliphatic rings. The molecule has 0 atom stereocenters. The molecule has 3 aromatic carbocycles. The number of fused-ring (bicyclic) bond motifs is 2. The van der Waals surface area contributed by atoms with E-state index in [0.717, 1.165) is 22.6 Å². The molecule has 21 heteroatoms. The van der Waals surface area contributed by atoms with Gasteiger partial charge in [0.15, 0.2) is 5.71 Å². The highest BCUT2D eigenvalue weighted by atomic mass is 32.2. The van der Waals surface area contributed by atoms with E-state index in [1.165, 1.54) is 24.3 Å². The minimum atomic E-state index is -4.54. The summed E-state index contributed by atoms with van der Waals surface area (Å²) in [5, 5.41) is 2.35. The molecule has 0 unspecified atom stereocenters. The van der Waals surface area contributed by atoms with Gasteiger partial charge in [-0.15, -0.1) is 0 Å². The first kappa shape index (κ1) is 50.7. The van der Waals surface area contributed by atoms with Gasteiger partial charge in [0.25, 0.3) is 40.5 Å². The van der Waals surface area contributed by atoms with Gasteiger partial charge in [-0.3, -0.25) is 18.2 Å². The van der Waals surface area contributed by atoms with E-state index in [1.54, 1.807) is 36.4 Å². The molecule has 0 amide bonds. The van der Waals surface area contributed by atoms with E-state index in [2.05, 4.69) is 10.2 Å². The van der Waals surface area contributed by atoms with Gasteiger partial charge < -0.3 is 9.64 Å². The highest BCUT2D eigenvalue weighted by molar-refractivity contribution is 7.86. The number of benzene rings is 3. The standard InChI is InChI=1S/C45H51N3O13S5/c1-44(2)37-28-35(65(55,56)57)18-20-39(37)47(24-5-7-26-63(49,50)51)41(44)22-12-31-10-9-11-32(43(31)61-34-16-14-33(15-17-34)46-30-62)13-23-42-45(3,4)38-29-36(66(58,59)60)19-21-40(38)48(42)25-6-8-27-64(52,53)54/h12-23,28-29H,5-11,24-27H2,1-4H3,(H3-,49,50,51,52,53,54,55,56,57,58,59,60)/p+1. The van der Waals surface area contributed by atoms with Crippen LogP contribution >= 0.6 is 12.2 Å². The summed E-state index contributed by atoms with van der Waals surface area (Å²) in [6, 6.07) is 15.6. The topological polar surface area (TPSA) is 245 Å². The van der Waals surface area contributed by atoms with Crippen molar-refractivity contribution in [3.8, 4) is 5.75 Å². The highest BCUT2D eigenvalue weighted by Crippen LogP contribution is 2.49. The molecule has 2 heterocycles. The van der Waals surface area contributed by atoms with Crippen molar-refractivity contribution in [2.45, 2.75) is 93.3 Å². The summed E-state index contributed by atoms with van der Waals surface area (Å²) in [5.74, 6) is 0.181. The van der Waals surface area contributed by atoms with Gasteiger partial charge in [-0.1, -0.05) is 19.9 Å². The second-order valence-electron chi connectivity index (χ2n) is 17.3. The molecule has 0 bridgehead atoms. The van der Waals surface area contributed by atoms with Crippen molar-refractivity contribution in [3.05, 3.63) is 119 Å². The maximum absolute atomic E-state index is 12.2. The Labute approximate surface area is 391 Å². The third kappa shape index (κ3) is 11.9. The molecule has 0 saturated heterocycles. The Bertz CT molecular complexity index is 3090. The van der Waals surface area contributed by atoms with Gasteiger partial charge in [-0.25, -0.2) is 0 Å². The summed E-state index contributed by atoms with van der Waals surface area (Å²) in [7, 11) is -17.5. The smallest absolute Gasteiger partial charge is 0.294 e. The maximum Gasteiger partial charge on any atom is 0.294 e. The first-order chi connectivity index (χ1) is 30.7. The van der Waals surface area contributed by atoms with Gasteiger partial charge in [-0.2, -0.15) is 43.2 Å². The Morgan fingerprint density at radius 1 is 0.742 bits per heavy atom. The van der Waals surface area contributed by atoms with Gasteiger partial charge >= 0.3 is 0 Å². The van der Waals surface area contributed by atoms with E-state index in [4.69, 9.17) is 17.0 Å². The van der Waals surface area contributed by atoms with Gasteiger partial charge in [0.1, 0.15) is 18.1 Å². The molecule has 0 saturated carbocycles. The van der Waals surface area contributed by atoms with Gasteiger partial charge in [0.2, 0.25) is 5.69 Å². The number of nitrogens with zero attached hydrogens (tertiary/aromatic N) is 3. The predicted molar refractivity (Wildman–Crippen MR) is 255 cm³/mol. The summed E-state index contributed by atoms with van der Waals surface area (Å²) in [4.78, 5) is 5.47. The number of thiocarbonyl (C=S) groups is 1. The molecular weight excluding hydrogens is 951 g/mol. The summed E-state index contributed by atoms with van der Waals surface area (Å²) in [5.41, 5.74) is 4.67. The molecule has 0 spiro atoms. The summed E-state index contributed by atoms with van der Waals surface area (Å²) in [6.45, 7) is 8.32. The zero-order chi connectivity index (χ0) is 48.5. The number of isothiocyanates is 1. The largest absolute Gasteiger partial charge is 0.457 e. The lowest BCUT2D eigenvalue weighted by Crippen LogP contribution is -2.28. The van der Waals surface area contributed by atoms with E-state index in [1.807, 2.05) is 61.5 Å². The number of hydrogen-bond acceptors (Lipinski definition) is 12. The van der Waals surface area contributed by atoms with Crippen LogP contribution in [0.15, 0.2) is 122 Å². The molecule has 1 aliphatic carbocycles. The molecule has 2 aliphatic heterocycles. The average molecular weight is 1000 g/mol. The van der Waals surface area contributed by atoms with Crippen LogP contribution in [0.3, 0.4) is 0 Å². The molecule has 0 aromatic heterocycles. The second-order valence-corrected chi connectivity index (χ2v) is 23.5. The first-order valence-corrected chi connectivity index (χ1v) is 27.5. The molecule has 0 radical (unpaired) electrons. The Morgan fingerprint density at radius 2 is 1.35 bits per heavy atom. The number of anilines is 1. The van der Waals surface area contributed by atoms with Crippen LogP contribution in [0.25, 0.3) is 0 Å². The Hall–Kier alpha value is -4.67. The van der Waals surface area contributed by atoms with Crippen LogP contribution < -0.4 is 9.64 Å². The molecular formula is C45H52N3O13S5+. The molecule has 0 fully saturated rings. The fraction of sp³-hybridized carbons (Fsp3) is 0.378. The Kier molecular flexibility index (Phi) is 15.0. The SMILES string of the molecule is CC1(C)C(/C=C/C2=C(Oc3ccc(N=C=S)cc3)C(=C/C=C3/N(CCCCS(=O)(=O)O)c4ccc(S(=O)(=O)O)cc4C3(C)C)/CCC2)=[N+](CCCCS(=O)(=O)O)c2ccc(S(=O)(=O)O)cc21. The highest BCUT2D eigenvalue weighted by Gasteiger charge is 2.45. The molecule has 6 rings (SSSR count). The molecule has 16 nitrogen and oxygen atoms in total. The summed E-state index contributed by atoms with van der Waals surface area (Å²) < 4.78 is 142. The van der Waals surface area contributed by atoms with Crippen molar-refractivity contribution in [1.82, 2.24) is 0 Å². The van der Waals surface area contributed by atoms with Crippen LogP contribution in [-0.4, -0.2) is 91.9 Å². The third-order valence-corrected chi connectivity index (χ3v) is 15.4. The van der Waals surface area contributed by atoms with E-state index in [9.17, 15) is 51.9 Å². The zero-order valence-electron chi connectivity index (χ0n) is 36.7. The summed E-state index contributed by atoms with van der Waals surface area (Å²) in [6.07, 6.45) is 10.7. The minimum absolute atomic E-state index is 0.165. The third-order valence-electron chi connectivity index (χ3n) is 12.0. The number of ether oxygens (including phenoxy) is 1. The van der Waals surface area contributed by atoms with Crippen molar-refractivity contribution >= 4 is 80.6 Å². The van der Waals surface area contributed by atoms with Gasteiger partial charge in [-0.05, 0) is 148 Å². The van der Waals surface area contributed by atoms with Crippen molar-refractivity contribution in [2.24, 2.45) is 4.99 Å². The molecule has 4 N–H and O–H groups in total. The monoisotopic (exact) mass is 1000 g/mol. The van der Waals surface area contributed by atoms with Gasteiger partial charge in [0, 0.05) is 47.5 Å². The lowest BCUT2D eigenvalue weighted by Gasteiger charge is -2.27. The van der Waals surface area contributed by atoms with Crippen molar-refractivity contribution in [1.29, 1.82) is 0 Å². The van der Waals surface area contributed by atoms with Crippen LogP contribution in [0.2, 0.25) is 0 Å². The number of aliphatic imine (C=N–C) groups is 1. The van der Waals surface area contributed by atoms with Crippen LogP contribution in [0.4, 0.5) is 17.1 Å². The number of hydrogen-bond donors (Lipinski definition) is 4. The van der Waals surface area contributed by atoms with Crippen molar-refractivity contribution in [2.75, 3.05) is 29.5 Å². The Balaban J connectivity index is 1.48. The average Bonchev–Trinajstić information content (AvgIpc) is 3.56. The number of rotatable bonds is 18. The maximum atomic E-state index is 12.2. The van der Waals surface area contributed by atoms with E-state index in [-0.39, 0.29) is 22.6 Å².